The summed E-state index contributed by atoms with van der Waals surface area (Å²) >= 11 is 0. The molecule has 0 aliphatic heterocycles. The minimum Gasteiger partial charge on any atom is -0.235 e. The summed E-state index contributed by atoms with van der Waals surface area (Å²) in [6, 6.07) is 7.92. The highest BCUT2D eigenvalue weighted by atomic mass is 19.1. The highest BCUT2D eigenvalue weighted by molar-refractivity contribution is 5.54. The van der Waals surface area contributed by atoms with E-state index in [1.54, 1.807) is 12.1 Å². The van der Waals surface area contributed by atoms with E-state index in [2.05, 4.69) is 9.97 Å². The largest absolute Gasteiger partial charge is 0.235 e. The number of hydrogen-bond acceptors (Lipinski definition) is 3. The fraction of sp³-hybridized carbons (Fsp3) is 0. The van der Waals surface area contributed by atoms with Crippen LogP contribution in [0.2, 0.25) is 0 Å². The molecule has 3 nitrogen and oxygen atoms in total. The Balaban J connectivity index is 2.42. The monoisotopic (exact) mass is 199 g/mol. The van der Waals surface area contributed by atoms with Gasteiger partial charge in [0.25, 0.3) is 0 Å². The Bertz CT molecular complexity index is 514. The lowest BCUT2D eigenvalue weighted by Crippen LogP contribution is -1.89. The summed E-state index contributed by atoms with van der Waals surface area (Å²) in [4.78, 5) is 7.92. The van der Waals surface area contributed by atoms with E-state index < -0.39 is 0 Å². The number of halogens is 1. The topological polar surface area (TPSA) is 49.6 Å². The molecule has 0 radical (unpaired) electrons. The average Bonchev–Trinajstić information content (AvgIpc) is 2.29. The van der Waals surface area contributed by atoms with Gasteiger partial charge in [-0.1, -0.05) is 12.1 Å². The van der Waals surface area contributed by atoms with Crippen LogP contribution in [0.15, 0.2) is 36.7 Å². The summed E-state index contributed by atoms with van der Waals surface area (Å²) in [5.74, 6) is 0.0777. The third kappa shape index (κ3) is 1.97. The fourth-order valence-electron chi connectivity index (χ4n) is 1.16. The lowest BCUT2D eigenvalue weighted by atomic mass is 10.2. The van der Waals surface area contributed by atoms with E-state index in [0.717, 1.165) is 0 Å². The molecule has 2 rings (SSSR count). The zero-order chi connectivity index (χ0) is 10.7. The van der Waals surface area contributed by atoms with E-state index in [9.17, 15) is 4.39 Å². The Kier molecular flexibility index (Phi) is 2.38. The van der Waals surface area contributed by atoms with Crippen LogP contribution >= 0.6 is 0 Å². The lowest BCUT2D eigenvalue weighted by Gasteiger charge is -1.98. The van der Waals surface area contributed by atoms with Gasteiger partial charge >= 0.3 is 0 Å². The molecule has 1 heterocycles. The van der Waals surface area contributed by atoms with E-state index in [4.69, 9.17) is 5.26 Å². The van der Waals surface area contributed by atoms with Gasteiger partial charge in [0.15, 0.2) is 5.82 Å². The van der Waals surface area contributed by atoms with Gasteiger partial charge in [-0.15, -0.1) is 0 Å². The van der Waals surface area contributed by atoms with E-state index >= 15 is 0 Å². The van der Waals surface area contributed by atoms with Crippen molar-refractivity contribution in [3.05, 3.63) is 48.0 Å². The molecule has 1 aromatic carbocycles. The number of hydrogen-bond donors (Lipinski definition) is 0. The van der Waals surface area contributed by atoms with Crippen molar-refractivity contribution >= 4 is 0 Å². The zero-order valence-electron chi connectivity index (χ0n) is 7.68. The molecule has 4 heteroatoms. The van der Waals surface area contributed by atoms with Gasteiger partial charge in [0.05, 0.1) is 5.56 Å². The molecule has 0 bridgehead atoms. The maximum Gasteiger partial charge on any atom is 0.159 e. The lowest BCUT2D eigenvalue weighted by molar-refractivity contribution is 0.628. The summed E-state index contributed by atoms with van der Waals surface area (Å²) < 4.78 is 12.9. The van der Waals surface area contributed by atoms with Gasteiger partial charge in [-0.25, -0.2) is 14.4 Å². The maximum absolute atomic E-state index is 12.9. The first-order chi connectivity index (χ1) is 7.29. The zero-order valence-corrected chi connectivity index (χ0v) is 7.68. The second kappa shape index (κ2) is 3.84. The van der Waals surface area contributed by atoms with Gasteiger partial charge in [-0.2, -0.15) is 5.26 Å². The van der Waals surface area contributed by atoms with Gasteiger partial charge in [0.2, 0.25) is 0 Å². The summed E-state index contributed by atoms with van der Waals surface area (Å²) in [5.41, 5.74) is 0.981. The Labute approximate surface area is 85.9 Å². The Morgan fingerprint density at radius 1 is 1.20 bits per heavy atom. The predicted molar refractivity (Wildman–Crippen MR) is 52.1 cm³/mol. The number of nitrogens with zero attached hydrogens (tertiary/aromatic N) is 3. The summed E-state index contributed by atoms with van der Waals surface area (Å²) in [5, 5.41) is 8.55. The molecule has 0 aliphatic carbocycles. The van der Waals surface area contributed by atoms with Gasteiger partial charge in [-0.3, -0.25) is 0 Å². The van der Waals surface area contributed by atoms with E-state index in [0.29, 0.717) is 17.0 Å². The molecule has 0 unspecified atom stereocenters. The van der Waals surface area contributed by atoms with E-state index in [1.165, 1.54) is 24.5 Å². The second-order valence-electron chi connectivity index (χ2n) is 2.92. The number of nitriles is 1. The van der Waals surface area contributed by atoms with Crippen molar-refractivity contribution in [2.45, 2.75) is 0 Å². The summed E-state index contributed by atoms with van der Waals surface area (Å²) in [7, 11) is 0. The first-order valence-corrected chi connectivity index (χ1v) is 4.27. The van der Waals surface area contributed by atoms with Crippen LogP contribution < -0.4 is 0 Å². The van der Waals surface area contributed by atoms with Crippen molar-refractivity contribution in [2.24, 2.45) is 0 Å². The molecule has 0 atom stereocenters. The van der Waals surface area contributed by atoms with Crippen LogP contribution in [0.4, 0.5) is 4.39 Å². The highest BCUT2D eigenvalue weighted by Gasteiger charge is 2.01. The molecule has 0 N–H and O–H groups in total. The van der Waals surface area contributed by atoms with Gasteiger partial charge in [0, 0.05) is 18.0 Å². The number of rotatable bonds is 1. The van der Waals surface area contributed by atoms with Crippen molar-refractivity contribution < 1.29 is 4.39 Å². The fourth-order valence-corrected chi connectivity index (χ4v) is 1.16. The summed E-state index contributed by atoms with van der Waals surface area (Å²) in [6.07, 6.45) is 2.82. The van der Waals surface area contributed by atoms with Crippen molar-refractivity contribution in [1.29, 1.82) is 5.26 Å². The third-order valence-corrected chi connectivity index (χ3v) is 1.86. The molecular weight excluding hydrogens is 193 g/mol. The van der Waals surface area contributed by atoms with E-state index in [-0.39, 0.29) is 5.82 Å². The average molecular weight is 199 g/mol. The van der Waals surface area contributed by atoms with Crippen molar-refractivity contribution in [3.63, 3.8) is 0 Å². The molecule has 72 valence electrons. The van der Waals surface area contributed by atoms with Crippen molar-refractivity contribution in [3.8, 4) is 17.5 Å². The molecule has 0 saturated heterocycles. The minimum absolute atomic E-state index is 0.333. The predicted octanol–water partition coefficient (Wildman–Crippen LogP) is 2.15. The van der Waals surface area contributed by atoms with Gasteiger partial charge in [0.1, 0.15) is 11.9 Å². The van der Waals surface area contributed by atoms with Crippen LogP contribution in [-0.4, -0.2) is 9.97 Å². The number of benzene rings is 1. The molecule has 0 aliphatic rings. The minimum atomic E-state index is -0.333. The van der Waals surface area contributed by atoms with Crippen molar-refractivity contribution in [1.82, 2.24) is 9.97 Å². The van der Waals surface area contributed by atoms with Gasteiger partial charge < -0.3 is 0 Å². The normalized spacial score (nSPS) is 9.60. The molecule has 1 aromatic heterocycles. The Morgan fingerprint density at radius 3 is 2.53 bits per heavy atom. The van der Waals surface area contributed by atoms with Crippen LogP contribution in [0.3, 0.4) is 0 Å². The van der Waals surface area contributed by atoms with Gasteiger partial charge in [-0.05, 0) is 12.1 Å². The molecule has 0 saturated carbocycles. The first kappa shape index (κ1) is 9.28. The maximum atomic E-state index is 12.9. The summed E-state index contributed by atoms with van der Waals surface area (Å²) in [6.45, 7) is 0. The van der Waals surface area contributed by atoms with Crippen LogP contribution in [0.1, 0.15) is 5.56 Å². The van der Waals surface area contributed by atoms with Crippen LogP contribution in [0, 0.1) is 17.1 Å². The molecule has 2 aromatic rings. The smallest absolute Gasteiger partial charge is 0.159 e. The third-order valence-electron chi connectivity index (χ3n) is 1.86. The molecule has 0 amide bonds. The Hall–Kier alpha value is -2.28. The van der Waals surface area contributed by atoms with Crippen LogP contribution in [0.25, 0.3) is 11.4 Å². The quantitative estimate of drug-likeness (QED) is 0.707. The molecule has 0 spiro atoms. The number of aromatic nitrogens is 2. The SMILES string of the molecule is N#Cc1cnc(-c2cccc(F)c2)nc1. The van der Waals surface area contributed by atoms with Crippen LogP contribution in [-0.2, 0) is 0 Å². The highest BCUT2D eigenvalue weighted by Crippen LogP contribution is 2.14. The van der Waals surface area contributed by atoms with E-state index in [1.807, 2.05) is 6.07 Å². The van der Waals surface area contributed by atoms with Crippen LogP contribution in [0.5, 0.6) is 0 Å². The Morgan fingerprint density at radius 2 is 1.93 bits per heavy atom. The second-order valence-corrected chi connectivity index (χ2v) is 2.92. The standard InChI is InChI=1S/C11H6FN3/c12-10-3-1-2-9(4-10)11-14-6-8(5-13)7-15-11/h1-4,6-7H. The first-order valence-electron chi connectivity index (χ1n) is 4.27. The molecular formula is C11H6FN3. The molecule has 15 heavy (non-hydrogen) atoms. The molecule has 0 fully saturated rings. The van der Waals surface area contributed by atoms with Crippen molar-refractivity contribution in [2.75, 3.05) is 0 Å².